The van der Waals surface area contributed by atoms with Gasteiger partial charge in [-0.05, 0) is 32.9 Å². The first-order valence-corrected chi connectivity index (χ1v) is 6.43. The molecule has 1 aliphatic heterocycles. The number of nitrogens with one attached hydrogen (secondary N) is 1. The normalized spacial score (nSPS) is 28.6. The van der Waals surface area contributed by atoms with Crippen molar-refractivity contribution >= 4 is 11.8 Å². The van der Waals surface area contributed by atoms with Crippen molar-refractivity contribution in [1.82, 2.24) is 10.2 Å². The monoisotopic (exact) mass is 200 g/mol. The van der Waals surface area contributed by atoms with Gasteiger partial charge in [-0.15, -0.1) is 0 Å². The molecule has 1 saturated carbocycles. The molecule has 0 aromatic rings. The molecule has 76 valence electrons. The molecule has 0 bridgehead atoms. The summed E-state index contributed by atoms with van der Waals surface area (Å²) in [5.74, 6) is 1.33. The summed E-state index contributed by atoms with van der Waals surface area (Å²) < 4.78 is 0. The Morgan fingerprint density at radius 1 is 1.38 bits per heavy atom. The third-order valence-corrected chi connectivity index (χ3v) is 4.34. The average Bonchev–Trinajstić information content (AvgIpc) is 2.80. The van der Waals surface area contributed by atoms with E-state index in [1.54, 1.807) is 0 Å². The van der Waals surface area contributed by atoms with E-state index in [0.29, 0.717) is 0 Å². The second-order valence-electron chi connectivity index (χ2n) is 4.20. The Kier molecular flexibility index (Phi) is 3.52. The summed E-state index contributed by atoms with van der Waals surface area (Å²) in [5, 5.41) is 4.44. The molecule has 2 rings (SSSR count). The number of hydrogen-bond acceptors (Lipinski definition) is 3. The van der Waals surface area contributed by atoms with Crippen LogP contribution in [0.25, 0.3) is 0 Å². The summed E-state index contributed by atoms with van der Waals surface area (Å²) >= 11 is 2.17. The molecule has 13 heavy (non-hydrogen) atoms. The predicted octanol–water partition coefficient (Wildman–Crippen LogP) is 1.18. The third-order valence-electron chi connectivity index (χ3n) is 2.98. The molecule has 2 nitrogen and oxygen atoms in total. The van der Waals surface area contributed by atoms with Gasteiger partial charge in [0.25, 0.3) is 0 Å². The van der Waals surface area contributed by atoms with Crippen LogP contribution in [-0.4, -0.2) is 48.6 Å². The van der Waals surface area contributed by atoms with Crippen molar-refractivity contribution in [3.05, 3.63) is 0 Å². The van der Waals surface area contributed by atoms with Gasteiger partial charge in [0.1, 0.15) is 0 Å². The van der Waals surface area contributed by atoms with E-state index in [1.165, 1.54) is 44.6 Å². The van der Waals surface area contributed by atoms with E-state index in [9.17, 15) is 0 Å². The fourth-order valence-electron chi connectivity index (χ4n) is 1.80. The van der Waals surface area contributed by atoms with Crippen molar-refractivity contribution < 1.29 is 0 Å². The Bertz CT molecular complexity index is 153. The fraction of sp³-hybridized carbons (Fsp3) is 1.00. The largest absolute Gasteiger partial charge is 0.315 e. The molecule has 1 atom stereocenters. The third kappa shape index (κ3) is 3.15. The van der Waals surface area contributed by atoms with Gasteiger partial charge in [-0.2, -0.15) is 11.8 Å². The molecular weight excluding hydrogens is 180 g/mol. The van der Waals surface area contributed by atoms with E-state index in [2.05, 4.69) is 29.0 Å². The van der Waals surface area contributed by atoms with Crippen molar-refractivity contribution in [3.8, 4) is 0 Å². The number of hydrogen-bond donors (Lipinski definition) is 1. The molecule has 1 heterocycles. The number of rotatable bonds is 5. The second-order valence-corrected chi connectivity index (χ2v) is 5.61. The van der Waals surface area contributed by atoms with Crippen LogP contribution >= 0.6 is 11.8 Å². The van der Waals surface area contributed by atoms with Crippen LogP contribution in [0.2, 0.25) is 0 Å². The van der Waals surface area contributed by atoms with Crippen LogP contribution in [-0.2, 0) is 0 Å². The van der Waals surface area contributed by atoms with Gasteiger partial charge in [0, 0.05) is 30.1 Å². The molecular formula is C10H20N2S. The van der Waals surface area contributed by atoms with Gasteiger partial charge in [-0.25, -0.2) is 0 Å². The van der Waals surface area contributed by atoms with E-state index < -0.39 is 0 Å². The highest BCUT2D eigenvalue weighted by Crippen LogP contribution is 2.33. The molecule has 0 aromatic carbocycles. The van der Waals surface area contributed by atoms with E-state index in [0.717, 1.165) is 11.3 Å². The van der Waals surface area contributed by atoms with Crippen LogP contribution in [0.1, 0.15) is 19.3 Å². The Morgan fingerprint density at radius 2 is 2.23 bits per heavy atom. The summed E-state index contributed by atoms with van der Waals surface area (Å²) in [4.78, 5) is 2.52. The van der Waals surface area contributed by atoms with Crippen LogP contribution in [0.4, 0.5) is 0 Å². The maximum absolute atomic E-state index is 3.42. The first-order valence-electron chi connectivity index (χ1n) is 5.39. The molecule has 2 fully saturated rings. The van der Waals surface area contributed by atoms with E-state index in [4.69, 9.17) is 0 Å². The van der Waals surface area contributed by atoms with Crippen molar-refractivity contribution in [3.63, 3.8) is 0 Å². The average molecular weight is 200 g/mol. The van der Waals surface area contributed by atoms with Crippen LogP contribution < -0.4 is 5.32 Å². The van der Waals surface area contributed by atoms with Crippen molar-refractivity contribution in [2.45, 2.75) is 30.6 Å². The van der Waals surface area contributed by atoms with Gasteiger partial charge in [-0.1, -0.05) is 0 Å². The van der Waals surface area contributed by atoms with E-state index in [-0.39, 0.29) is 0 Å². The highest BCUT2D eigenvalue weighted by atomic mass is 32.2. The quantitative estimate of drug-likeness (QED) is 0.717. The molecule has 0 radical (unpaired) electrons. The number of thioether (sulfide) groups is 1. The first kappa shape index (κ1) is 9.81. The Morgan fingerprint density at radius 3 is 2.85 bits per heavy atom. The lowest BCUT2D eigenvalue weighted by atomic mass is 10.2. The summed E-state index contributed by atoms with van der Waals surface area (Å²) in [6.07, 6.45) is 4.28. The second kappa shape index (κ2) is 4.67. The van der Waals surface area contributed by atoms with Crippen LogP contribution in [0.15, 0.2) is 0 Å². The Labute approximate surface area is 85.4 Å². The topological polar surface area (TPSA) is 15.3 Å². The van der Waals surface area contributed by atoms with Gasteiger partial charge >= 0.3 is 0 Å². The van der Waals surface area contributed by atoms with Crippen molar-refractivity contribution in [1.29, 1.82) is 0 Å². The van der Waals surface area contributed by atoms with Gasteiger partial charge in [0.05, 0.1) is 0 Å². The minimum atomic E-state index is 0.805. The molecule has 0 spiro atoms. The fourth-order valence-corrected chi connectivity index (χ4v) is 2.99. The molecule has 1 aliphatic carbocycles. The zero-order valence-corrected chi connectivity index (χ0v) is 9.28. The molecule has 1 saturated heterocycles. The van der Waals surface area contributed by atoms with Crippen LogP contribution in [0.5, 0.6) is 0 Å². The van der Waals surface area contributed by atoms with Crippen molar-refractivity contribution in [2.75, 3.05) is 32.4 Å². The van der Waals surface area contributed by atoms with Gasteiger partial charge in [0.15, 0.2) is 0 Å². The maximum Gasteiger partial charge on any atom is 0.0230 e. The standard InChI is InChI=1S/C10H20N2S/c1-12(9-4-5-11-8-9)6-7-13-10-2-3-10/h9-11H,2-8H2,1H3. The minimum Gasteiger partial charge on any atom is -0.315 e. The Balaban J connectivity index is 1.56. The lowest BCUT2D eigenvalue weighted by molar-refractivity contribution is 0.273. The lowest BCUT2D eigenvalue weighted by Crippen LogP contribution is -2.35. The van der Waals surface area contributed by atoms with Gasteiger partial charge in [-0.3, -0.25) is 0 Å². The van der Waals surface area contributed by atoms with Crippen molar-refractivity contribution in [2.24, 2.45) is 0 Å². The smallest absolute Gasteiger partial charge is 0.0230 e. The number of nitrogens with zero attached hydrogens (tertiary/aromatic N) is 1. The van der Waals surface area contributed by atoms with E-state index in [1.807, 2.05) is 0 Å². The molecule has 0 aromatic heterocycles. The van der Waals surface area contributed by atoms with Crippen LogP contribution in [0, 0.1) is 0 Å². The maximum atomic E-state index is 3.42. The summed E-state index contributed by atoms with van der Waals surface area (Å²) in [5.41, 5.74) is 0. The van der Waals surface area contributed by atoms with Gasteiger partial charge in [0.2, 0.25) is 0 Å². The SMILES string of the molecule is CN(CCSC1CC1)C1CCNC1. The predicted molar refractivity (Wildman–Crippen MR) is 59.4 cm³/mol. The molecule has 2 aliphatic rings. The van der Waals surface area contributed by atoms with Crippen LogP contribution in [0.3, 0.4) is 0 Å². The van der Waals surface area contributed by atoms with E-state index >= 15 is 0 Å². The minimum absolute atomic E-state index is 0.805. The molecule has 1 N–H and O–H groups in total. The molecule has 0 amide bonds. The number of likely N-dealkylation sites (N-methyl/N-ethyl adjacent to an activating group) is 1. The summed E-state index contributed by atoms with van der Waals surface area (Å²) in [6, 6.07) is 0.805. The zero-order chi connectivity index (χ0) is 9.10. The highest BCUT2D eigenvalue weighted by Gasteiger charge is 2.23. The molecule has 1 unspecified atom stereocenters. The summed E-state index contributed by atoms with van der Waals surface area (Å²) in [6.45, 7) is 3.68. The highest BCUT2D eigenvalue weighted by molar-refractivity contribution is 8.00. The lowest BCUT2D eigenvalue weighted by Gasteiger charge is -2.22. The zero-order valence-electron chi connectivity index (χ0n) is 8.46. The van der Waals surface area contributed by atoms with Gasteiger partial charge < -0.3 is 10.2 Å². The summed E-state index contributed by atoms with van der Waals surface area (Å²) in [7, 11) is 2.27. The first-order chi connectivity index (χ1) is 6.36. The molecule has 3 heteroatoms. The Hall–Kier alpha value is 0.270.